The molecule has 0 bridgehead atoms. The standard InChI is InChI=1S/C14H16N4O2/c1-7-5-15-12(16-6-7)13-17-9(3)11(10(4)18-13)8(2)14(19)20/h5-6,8H,1-4H3,(H,19,20). The van der Waals surface area contributed by atoms with Gasteiger partial charge in [-0.3, -0.25) is 4.79 Å². The molecular weight excluding hydrogens is 256 g/mol. The molecule has 0 spiro atoms. The van der Waals surface area contributed by atoms with Crippen LogP contribution in [0.5, 0.6) is 0 Å². The first kappa shape index (κ1) is 14.0. The number of aryl methyl sites for hydroxylation is 3. The van der Waals surface area contributed by atoms with Gasteiger partial charge < -0.3 is 5.11 Å². The molecule has 6 nitrogen and oxygen atoms in total. The first-order valence-corrected chi connectivity index (χ1v) is 6.27. The molecule has 0 saturated carbocycles. The van der Waals surface area contributed by atoms with Crippen LogP contribution < -0.4 is 0 Å². The van der Waals surface area contributed by atoms with Gasteiger partial charge in [-0.05, 0) is 33.3 Å². The lowest BCUT2D eigenvalue weighted by atomic mass is 9.98. The van der Waals surface area contributed by atoms with E-state index in [1.165, 1.54) is 0 Å². The van der Waals surface area contributed by atoms with Crippen molar-refractivity contribution >= 4 is 5.97 Å². The molecule has 0 aromatic carbocycles. The van der Waals surface area contributed by atoms with E-state index in [1.54, 1.807) is 33.2 Å². The van der Waals surface area contributed by atoms with Crippen LogP contribution in [0, 0.1) is 20.8 Å². The Labute approximate surface area is 117 Å². The fraction of sp³-hybridized carbons (Fsp3) is 0.357. The number of aromatic nitrogens is 4. The zero-order chi connectivity index (χ0) is 14.9. The van der Waals surface area contributed by atoms with Gasteiger partial charge in [0.1, 0.15) is 0 Å². The molecule has 1 N–H and O–H groups in total. The second-order valence-corrected chi connectivity index (χ2v) is 4.78. The molecule has 104 valence electrons. The molecular formula is C14H16N4O2. The number of carboxylic acid groups (broad SMARTS) is 1. The highest BCUT2D eigenvalue weighted by molar-refractivity contribution is 5.76. The van der Waals surface area contributed by atoms with Crippen LogP contribution >= 0.6 is 0 Å². The maximum absolute atomic E-state index is 11.1. The maximum atomic E-state index is 11.1. The minimum atomic E-state index is -0.890. The van der Waals surface area contributed by atoms with Crippen molar-refractivity contribution in [2.75, 3.05) is 0 Å². The Bertz CT molecular complexity index is 630. The van der Waals surface area contributed by atoms with Gasteiger partial charge in [0, 0.05) is 29.3 Å². The Morgan fingerprint density at radius 2 is 1.55 bits per heavy atom. The molecule has 0 radical (unpaired) electrons. The van der Waals surface area contributed by atoms with Crippen molar-refractivity contribution in [1.29, 1.82) is 0 Å². The second kappa shape index (κ2) is 5.32. The molecule has 0 fully saturated rings. The topological polar surface area (TPSA) is 88.9 Å². The Morgan fingerprint density at radius 3 is 2.00 bits per heavy atom. The minimum Gasteiger partial charge on any atom is -0.481 e. The molecule has 2 aromatic heterocycles. The van der Waals surface area contributed by atoms with Crippen molar-refractivity contribution in [2.45, 2.75) is 33.6 Å². The van der Waals surface area contributed by atoms with Gasteiger partial charge in [-0.15, -0.1) is 0 Å². The highest BCUT2D eigenvalue weighted by atomic mass is 16.4. The predicted molar refractivity (Wildman–Crippen MR) is 73.3 cm³/mol. The summed E-state index contributed by atoms with van der Waals surface area (Å²) in [5, 5.41) is 9.12. The summed E-state index contributed by atoms with van der Waals surface area (Å²) in [6, 6.07) is 0. The van der Waals surface area contributed by atoms with E-state index in [2.05, 4.69) is 19.9 Å². The van der Waals surface area contributed by atoms with Crippen molar-refractivity contribution in [3.05, 3.63) is 34.9 Å². The van der Waals surface area contributed by atoms with Gasteiger partial charge in [0.25, 0.3) is 0 Å². The average molecular weight is 272 g/mol. The van der Waals surface area contributed by atoms with E-state index in [9.17, 15) is 4.79 Å². The number of nitrogens with zero attached hydrogens (tertiary/aromatic N) is 4. The van der Waals surface area contributed by atoms with Crippen molar-refractivity contribution < 1.29 is 9.90 Å². The molecule has 1 atom stereocenters. The predicted octanol–water partition coefficient (Wildman–Crippen LogP) is 2.05. The van der Waals surface area contributed by atoms with Crippen LogP contribution in [0.25, 0.3) is 11.6 Å². The summed E-state index contributed by atoms with van der Waals surface area (Å²) in [7, 11) is 0. The van der Waals surface area contributed by atoms with E-state index < -0.39 is 11.9 Å². The van der Waals surface area contributed by atoms with Crippen LogP contribution in [-0.4, -0.2) is 31.0 Å². The van der Waals surface area contributed by atoms with E-state index in [1.807, 2.05) is 6.92 Å². The number of carboxylic acids is 1. The van der Waals surface area contributed by atoms with Gasteiger partial charge in [0.2, 0.25) is 0 Å². The molecule has 2 heterocycles. The smallest absolute Gasteiger partial charge is 0.310 e. The van der Waals surface area contributed by atoms with Crippen LogP contribution in [0.4, 0.5) is 0 Å². The lowest BCUT2D eigenvalue weighted by molar-refractivity contribution is -0.138. The monoisotopic (exact) mass is 272 g/mol. The summed E-state index contributed by atoms with van der Waals surface area (Å²) in [6.45, 7) is 7.09. The number of aliphatic carboxylic acids is 1. The van der Waals surface area contributed by atoms with E-state index in [0.717, 1.165) is 5.56 Å². The molecule has 0 amide bonds. The van der Waals surface area contributed by atoms with Crippen LogP contribution in [0.2, 0.25) is 0 Å². The molecule has 2 rings (SSSR count). The summed E-state index contributed by atoms with van der Waals surface area (Å²) in [6.07, 6.45) is 3.40. The highest BCUT2D eigenvalue weighted by Gasteiger charge is 2.21. The lowest BCUT2D eigenvalue weighted by Crippen LogP contribution is -2.13. The normalized spacial score (nSPS) is 12.2. The molecule has 0 aliphatic carbocycles. The SMILES string of the molecule is Cc1cnc(-c2nc(C)c(C(C)C(=O)O)c(C)n2)nc1. The van der Waals surface area contributed by atoms with E-state index in [-0.39, 0.29) is 0 Å². The molecule has 1 unspecified atom stereocenters. The zero-order valence-corrected chi connectivity index (χ0v) is 11.9. The lowest BCUT2D eigenvalue weighted by Gasteiger charge is -2.13. The summed E-state index contributed by atoms with van der Waals surface area (Å²) < 4.78 is 0. The third-order valence-corrected chi connectivity index (χ3v) is 3.11. The maximum Gasteiger partial charge on any atom is 0.310 e. The number of hydrogen-bond acceptors (Lipinski definition) is 5. The first-order chi connectivity index (χ1) is 9.40. The fourth-order valence-electron chi connectivity index (χ4n) is 2.08. The van der Waals surface area contributed by atoms with Gasteiger partial charge in [0.05, 0.1) is 5.92 Å². The molecule has 20 heavy (non-hydrogen) atoms. The molecule has 6 heteroatoms. The van der Waals surface area contributed by atoms with Crippen LogP contribution in [0.15, 0.2) is 12.4 Å². The molecule has 0 aliphatic rings. The second-order valence-electron chi connectivity index (χ2n) is 4.78. The quantitative estimate of drug-likeness (QED) is 0.919. The van der Waals surface area contributed by atoms with E-state index >= 15 is 0 Å². The average Bonchev–Trinajstić information content (AvgIpc) is 2.38. The van der Waals surface area contributed by atoms with Gasteiger partial charge in [0.15, 0.2) is 11.6 Å². The largest absolute Gasteiger partial charge is 0.481 e. The van der Waals surface area contributed by atoms with Crippen molar-refractivity contribution in [3.63, 3.8) is 0 Å². The number of carbonyl (C=O) groups is 1. The highest BCUT2D eigenvalue weighted by Crippen LogP contribution is 2.23. The van der Waals surface area contributed by atoms with Crippen LogP contribution in [0.3, 0.4) is 0 Å². The van der Waals surface area contributed by atoms with E-state index in [4.69, 9.17) is 5.11 Å². The Hall–Kier alpha value is -2.37. The summed E-state index contributed by atoms with van der Waals surface area (Å²) in [5.41, 5.74) is 2.89. The van der Waals surface area contributed by atoms with Gasteiger partial charge in [-0.1, -0.05) is 0 Å². The third-order valence-electron chi connectivity index (χ3n) is 3.11. The van der Waals surface area contributed by atoms with Gasteiger partial charge in [-0.2, -0.15) is 0 Å². The Morgan fingerprint density at radius 1 is 1.05 bits per heavy atom. The van der Waals surface area contributed by atoms with Crippen LogP contribution in [0.1, 0.15) is 35.4 Å². The molecule has 0 saturated heterocycles. The number of hydrogen-bond donors (Lipinski definition) is 1. The Kier molecular flexibility index (Phi) is 3.74. The van der Waals surface area contributed by atoms with Crippen molar-refractivity contribution in [1.82, 2.24) is 19.9 Å². The fourth-order valence-corrected chi connectivity index (χ4v) is 2.08. The van der Waals surface area contributed by atoms with Crippen molar-refractivity contribution in [3.8, 4) is 11.6 Å². The molecule has 2 aromatic rings. The molecule has 0 aliphatic heterocycles. The minimum absolute atomic E-state index is 0.418. The number of rotatable bonds is 3. The Balaban J connectivity index is 2.50. The zero-order valence-electron chi connectivity index (χ0n) is 11.9. The van der Waals surface area contributed by atoms with Crippen LogP contribution in [-0.2, 0) is 4.79 Å². The summed E-state index contributed by atoms with van der Waals surface area (Å²) >= 11 is 0. The first-order valence-electron chi connectivity index (χ1n) is 6.27. The van der Waals surface area contributed by atoms with Gasteiger partial charge >= 0.3 is 5.97 Å². The third kappa shape index (κ3) is 2.64. The van der Waals surface area contributed by atoms with E-state index in [0.29, 0.717) is 28.6 Å². The van der Waals surface area contributed by atoms with Gasteiger partial charge in [-0.25, -0.2) is 19.9 Å². The summed E-state index contributed by atoms with van der Waals surface area (Å²) in [5.74, 6) is -0.667. The van der Waals surface area contributed by atoms with Crippen molar-refractivity contribution in [2.24, 2.45) is 0 Å². The summed E-state index contributed by atoms with van der Waals surface area (Å²) in [4.78, 5) is 28.2.